The van der Waals surface area contributed by atoms with E-state index in [2.05, 4.69) is 5.16 Å². The van der Waals surface area contributed by atoms with Crippen LogP contribution in [0.1, 0.15) is 32.2 Å². The van der Waals surface area contributed by atoms with Gasteiger partial charge in [0.2, 0.25) is 10.0 Å². The second-order valence-corrected chi connectivity index (χ2v) is 13.5. The Labute approximate surface area is 214 Å². The lowest BCUT2D eigenvalue weighted by Crippen LogP contribution is -2.42. The number of rotatable bonds is 4. The molecule has 2 aromatic carbocycles. The van der Waals surface area contributed by atoms with E-state index in [0.717, 1.165) is 10.2 Å². The van der Waals surface area contributed by atoms with Crippen molar-refractivity contribution in [1.29, 1.82) is 0 Å². The first-order valence-electron chi connectivity index (χ1n) is 11.4. The topological polar surface area (TPSA) is 169 Å². The van der Waals surface area contributed by atoms with Crippen molar-refractivity contribution >= 4 is 54.2 Å². The predicted octanol–water partition coefficient (Wildman–Crippen LogP) is 3.18. The predicted molar refractivity (Wildman–Crippen MR) is 142 cm³/mol. The van der Waals surface area contributed by atoms with Gasteiger partial charge in [0.05, 0.1) is 40.1 Å². The molecule has 1 fully saturated rings. The highest BCUT2D eigenvalue weighted by Gasteiger charge is 2.28. The van der Waals surface area contributed by atoms with Crippen LogP contribution in [0.25, 0.3) is 32.9 Å². The normalized spacial score (nSPS) is 16.8. The van der Waals surface area contributed by atoms with E-state index in [9.17, 15) is 27.1 Å². The SMILES string of the molecule is Cc1noc(C)c1-c1cc(C(N)=O)c2c(c1)c1ccc(C(=O)N3CCS(O)(O)CC3)cc1n2S(C)(=O)=O. The van der Waals surface area contributed by atoms with Crippen LogP contribution in [-0.4, -0.2) is 74.2 Å². The Bertz CT molecular complexity index is 1690. The smallest absolute Gasteiger partial charge is 0.254 e. The van der Waals surface area contributed by atoms with Gasteiger partial charge in [-0.2, -0.15) is 10.6 Å². The van der Waals surface area contributed by atoms with Crippen LogP contribution in [0.15, 0.2) is 34.9 Å². The van der Waals surface area contributed by atoms with Gasteiger partial charge in [-0.15, -0.1) is 0 Å². The molecule has 0 spiro atoms. The lowest BCUT2D eigenvalue weighted by molar-refractivity contribution is 0.0767. The van der Waals surface area contributed by atoms with E-state index >= 15 is 0 Å². The average molecular weight is 547 g/mol. The minimum absolute atomic E-state index is 0.00300. The Morgan fingerprint density at radius 3 is 2.32 bits per heavy atom. The summed E-state index contributed by atoms with van der Waals surface area (Å²) in [6, 6.07) is 8.00. The van der Waals surface area contributed by atoms with E-state index in [1.807, 2.05) is 0 Å². The van der Waals surface area contributed by atoms with Crippen molar-refractivity contribution in [2.24, 2.45) is 5.73 Å². The number of hydrogen-bond donors (Lipinski definition) is 3. The van der Waals surface area contributed by atoms with Crippen LogP contribution >= 0.6 is 10.6 Å². The van der Waals surface area contributed by atoms with Gasteiger partial charge < -0.3 is 15.2 Å². The minimum Gasteiger partial charge on any atom is -0.366 e. The molecule has 0 bridgehead atoms. The molecule has 0 saturated carbocycles. The number of aryl methyl sites for hydroxylation is 2. The number of carbonyl (C=O) groups is 2. The Balaban J connectivity index is 1.77. The summed E-state index contributed by atoms with van der Waals surface area (Å²) in [5.74, 6) is -0.442. The third-order valence-corrected chi connectivity index (χ3v) is 9.36. The molecule has 37 heavy (non-hydrogen) atoms. The maximum Gasteiger partial charge on any atom is 0.254 e. The molecule has 2 aromatic heterocycles. The van der Waals surface area contributed by atoms with Gasteiger partial charge in [0, 0.05) is 35.0 Å². The van der Waals surface area contributed by atoms with Crippen molar-refractivity contribution in [2.45, 2.75) is 13.8 Å². The van der Waals surface area contributed by atoms with Gasteiger partial charge in [0.25, 0.3) is 11.8 Å². The summed E-state index contributed by atoms with van der Waals surface area (Å²) in [7, 11) is -6.63. The summed E-state index contributed by atoms with van der Waals surface area (Å²) in [6.45, 7) is 3.86. The van der Waals surface area contributed by atoms with Crippen LogP contribution in [0.2, 0.25) is 0 Å². The van der Waals surface area contributed by atoms with Gasteiger partial charge in [0.15, 0.2) is 0 Å². The van der Waals surface area contributed by atoms with Crippen LogP contribution in [0.3, 0.4) is 0 Å². The molecule has 3 heterocycles. The molecular weight excluding hydrogens is 520 g/mol. The molecule has 4 N–H and O–H groups in total. The molecule has 1 saturated heterocycles. The van der Waals surface area contributed by atoms with E-state index in [1.54, 1.807) is 32.0 Å². The maximum absolute atomic E-state index is 13.2. The highest BCUT2D eigenvalue weighted by Crippen LogP contribution is 2.41. The molecule has 0 unspecified atom stereocenters. The average Bonchev–Trinajstić information content (AvgIpc) is 3.33. The molecule has 2 amide bonds. The summed E-state index contributed by atoms with van der Waals surface area (Å²) in [5.41, 5.74) is 8.19. The van der Waals surface area contributed by atoms with Gasteiger partial charge in [0.1, 0.15) is 5.76 Å². The van der Waals surface area contributed by atoms with Gasteiger partial charge >= 0.3 is 0 Å². The number of amides is 2. The summed E-state index contributed by atoms with van der Waals surface area (Å²) in [4.78, 5) is 27.3. The molecule has 0 radical (unpaired) electrons. The van der Waals surface area contributed by atoms with Crippen molar-refractivity contribution in [3.05, 3.63) is 52.9 Å². The molecule has 13 heteroatoms. The zero-order valence-corrected chi connectivity index (χ0v) is 22.0. The number of nitrogens with two attached hydrogens (primary N) is 1. The van der Waals surface area contributed by atoms with Crippen LogP contribution in [0.5, 0.6) is 0 Å². The van der Waals surface area contributed by atoms with E-state index in [0.29, 0.717) is 33.4 Å². The second kappa shape index (κ2) is 8.58. The lowest BCUT2D eigenvalue weighted by atomic mass is 9.97. The molecule has 11 nitrogen and oxygen atoms in total. The fourth-order valence-electron chi connectivity index (χ4n) is 4.92. The first kappa shape index (κ1) is 25.3. The highest BCUT2D eigenvalue weighted by atomic mass is 32.3. The molecular formula is C24H26N4O7S2. The van der Waals surface area contributed by atoms with E-state index < -0.39 is 26.5 Å². The summed E-state index contributed by atoms with van der Waals surface area (Å²) in [5, 5.41) is 4.96. The monoisotopic (exact) mass is 546 g/mol. The van der Waals surface area contributed by atoms with E-state index in [-0.39, 0.29) is 52.7 Å². The fourth-order valence-corrected chi connectivity index (χ4v) is 7.19. The van der Waals surface area contributed by atoms with Gasteiger partial charge in [-0.05, 0) is 43.7 Å². The number of nitrogens with zero attached hydrogens (tertiary/aromatic N) is 3. The van der Waals surface area contributed by atoms with Crippen LogP contribution < -0.4 is 5.73 Å². The van der Waals surface area contributed by atoms with Crippen molar-refractivity contribution in [2.75, 3.05) is 30.9 Å². The Kier molecular flexibility index (Phi) is 5.86. The van der Waals surface area contributed by atoms with Crippen LogP contribution in [0, 0.1) is 13.8 Å². The van der Waals surface area contributed by atoms with Crippen molar-refractivity contribution < 1.29 is 31.6 Å². The maximum atomic E-state index is 13.2. The Morgan fingerprint density at radius 1 is 1.08 bits per heavy atom. The zero-order chi connectivity index (χ0) is 26.9. The molecule has 5 rings (SSSR count). The number of fused-ring (bicyclic) bond motifs is 3. The summed E-state index contributed by atoms with van der Waals surface area (Å²) < 4.78 is 52.1. The Morgan fingerprint density at radius 2 is 1.76 bits per heavy atom. The Hall–Kier alpha value is -3.39. The molecule has 196 valence electrons. The van der Waals surface area contributed by atoms with Crippen LogP contribution in [-0.2, 0) is 10.0 Å². The van der Waals surface area contributed by atoms with Crippen LogP contribution in [0.4, 0.5) is 0 Å². The third kappa shape index (κ3) is 4.27. The third-order valence-electron chi connectivity index (χ3n) is 6.65. The van der Waals surface area contributed by atoms with Gasteiger partial charge in [-0.1, -0.05) is 11.2 Å². The number of hydrogen-bond acceptors (Lipinski definition) is 8. The van der Waals surface area contributed by atoms with E-state index in [4.69, 9.17) is 10.3 Å². The number of benzene rings is 2. The quantitative estimate of drug-likeness (QED) is 0.350. The fraction of sp³-hybridized carbons (Fsp3) is 0.292. The number of aromatic nitrogens is 2. The minimum atomic E-state index is -3.94. The lowest BCUT2D eigenvalue weighted by Gasteiger charge is -2.40. The standard InChI is InChI=1S/C24H26N4O7S2/c1-13-21(14(2)35-26-13)16-10-18-17-5-4-15(24(30)27-6-8-37(33,34)9-7-27)12-20(17)28(36(3,31)32)22(18)19(11-16)23(25)29/h4-5,10-12,33-34H,6-9H2,1-3H3,(H2,25,29). The number of carbonyl (C=O) groups excluding carboxylic acids is 2. The zero-order valence-electron chi connectivity index (χ0n) is 20.4. The van der Waals surface area contributed by atoms with Gasteiger partial charge in [-0.3, -0.25) is 18.7 Å². The summed E-state index contributed by atoms with van der Waals surface area (Å²) >= 11 is 0. The molecule has 0 atom stereocenters. The second-order valence-electron chi connectivity index (χ2n) is 9.25. The number of primary amides is 1. The van der Waals surface area contributed by atoms with Crippen molar-refractivity contribution in [1.82, 2.24) is 14.0 Å². The largest absolute Gasteiger partial charge is 0.366 e. The highest BCUT2D eigenvalue weighted by molar-refractivity contribution is 8.24. The molecule has 4 aromatic rings. The first-order chi connectivity index (χ1) is 17.3. The molecule has 1 aliphatic rings. The summed E-state index contributed by atoms with van der Waals surface area (Å²) in [6.07, 6.45) is 1.02. The van der Waals surface area contributed by atoms with Crippen molar-refractivity contribution in [3.8, 4) is 11.1 Å². The molecule has 0 aliphatic carbocycles. The van der Waals surface area contributed by atoms with E-state index in [1.165, 1.54) is 17.0 Å². The molecule has 1 aliphatic heterocycles. The van der Waals surface area contributed by atoms with Crippen molar-refractivity contribution in [3.63, 3.8) is 0 Å². The van der Waals surface area contributed by atoms with Gasteiger partial charge in [-0.25, -0.2) is 12.4 Å². The first-order valence-corrected chi connectivity index (χ1v) is 15.1.